The Morgan fingerprint density at radius 2 is 1.00 bits per heavy atom. The van der Waals surface area contributed by atoms with Crippen molar-refractivity contribution in [1.82, 2.24) is 0 Å². The Morgan fingerprint density at radius 1 is 0.536 bits per heavy atom. The molecule has 0 fully saturated rings. The van der Waals surface area contributed by atoms with E-state index in [4.69, 9.17) is 0 Å². The summed E-state index contributed by atoms with van der Waals surface area (Å²) in [6, 6.07) is 24.7. The van der Waals surface area contributed by atoms with Gasteiger partial charge in [0.05, 0.1) is 0 Å². The summed E-state index contributed by atoms with van der Waals surface area (Å²) in [5.74, 6) is 0. The van der Waals surface area contributed by atoms with E-state index in [1.165, 1.54) is 44.5 Å². The summed E-state index contributed by atoms with van der Waals surface area (Å²) < 4.78 is 0. The molecule has 0 saturated heterocycles. The highest BCUT2D eigenvalue weighted by Gasteiger charge is 2.27. The third kappa shape index (κ3) is 3.33. The van der Waals surface area contributed by atoms with E-state index >= 15 is 0 Å². The van der Waals surface area contributed by atoms with E-state index in [1.807, 2.05) is 0 Å². The Kier molecular flexibility index (Phi) is 4.34. The minimum absolute atomic E-state index is 0.137. The summed E-state index contributed by atoms with van der Waals surface area (Å²) in [6.07, 6.45) is 2.35. The second-order valence-electron chi connectivity index (χ2n) is 9.99. The Bertz CT molecular complexity index is 986. The Hall–Kier alpha value is -2.60. The first-order valence-electron chi connectivity index (χ1n) is 10.2. The molecule has 4 rings (SSSR count). The smallest absolute Gasteiger partial charge is 0.00928 e. The molecule has 0 aromatic heterocycles. The van der Waals surface area contributed by atoms with Gasteiger partial charge in [0.1, 0.15) is 0 Å². The van der Waals surface area contributed by atoms with Gasteiger partial charge in [0, 0.05) is 0 Å². The molecule has 0 heteroatoms. The first kappa shape index (κ1) is 18.7. The SMILES string of the molecule is CC(C)(C)c1ccc2c(c1)C(=Cc1ccccc1)c1cc(C(C)(C)C)ccc1-2. The zero-order valence-electron chi connectivity index (χ0n) is 17.9. The number of benzene rings is 3. The van der Waals surface area contributed by atoms with Crippen LogP contribution in [-0.2, 0) is 10.8 Å². The topological polar surface area (TPSA) is 0 Å². The van der Waals surface area contributed by atoms with Crippen LogP contribution >= 0.6 is 0 Å². The van der Waals surface area contributed by atoms with Crippen LogP contribution in [0.15, 0.2) is 66.7 Å². The number of fused-ring (bicyclic) bond motifs is 3. The summed E-state index contributed by atoms with van der Waals surface area (Å²) in [5, 5.41) is 0. The predicted octanol–water partition coefficient (Wildman–Crippen LogP) is 7.85. The lowest BCUT2D eigenvalue weighted by molar-refractivity contribution is 0.590. The molecule has 0 saturated carbocycles. The molecule has 0 bridgehead atoms. The lowest BCUT2D eigenvalue weighted by Crippen LogP contribution is -2.11. The predicted molar refractivity (Wildman–Crippen MR) is 123 cm³/mol. The van der Waals surface area contributed by atoms with Gasteiger partial charge in [-0.1, -0.05) is 96.1 Å². The highest BCUT2D eigenvalue weighted by Crippen LogP contribution is 2.47. The van der Waals surface area contributed by atoms with Crippen molar-refractivity contribution in [3.8, 4) is 11.1 Å². The van der Waals surface area contributed by atoms with Gasteiger partial charge in [0.2, 0.25) is 0 Å². The van der Waals surface area contributed by atoms with Crippen LogP contribution in [0.1, 0.15) is 69.4 Å². The van der Waals surface area contributed by atoms with Crippen LogP contribution in [0, 0.1) is 0 Å². The largest absolute Gasteiger partial charge is 0.0622 e. The normalized spacial score (nSPS) is 13.3. The fourth-order valence-corrected chi connectivity index (χ4v) is 3.95. The van der Waals surface area contributed by atoms with Gasteiger partial charge in [0.25, 0.3) is 0 Å². The average Bonchev–Trinajstić information content (AvgIpc) is 2.94. The first-order valence-corrected chi connectivity index (χ1v) is 10.2. The molecule has 0 spiro atoms. The molecule has 0 aliphatic heterocycles. The van der Waals surface area contributed by atoms with Crippen molar-refractivity contribution in [3.63, 3.8) is 0 Å². The van der Waals surface area contributed by atoms with E-state index in [1.54, 1.807) is 0 Å². The standard InChI is InChI=1S/C28H30/c1-27(2,3)20-12-14-22-23-15-13-21(28(4,5)6)18-26(23)24(25(22)17-20)16-19-10-8-7-9-11-19/h7-18H,1-6H3. The molecule has 1 aliphatic carbocycles. The van der Waals surface area contributed by atoms with Gasteiger partial charge >= 0.3 is 0 Å². The van der Waals surface area contributed by atoms with E-state index in [0.29, 0.717) is 0 Å². The fourth-order valence-electron chi connectivity index (χ4n) is 3.95. The zero-order valence-corrected chi connectivity index (χ0v) is 17.9. The van der Waals surface area contributed by atoms with Gasteiger partial charge in [-0.15, -0.1) is 0 Å². The summed E-state index contributed by atoms with van der Waals surface area (Å²) in [4.78, 5) is 0. The highest BCUT2D eigenvalue weighted by atomic mass is 14.3. The van der Waals surface area contributed by atoms with Crippen molar-refractivity contribution in [1.29, 1.82) is 0 Å². The zero-order chi connectivity index (χ0) is 20.1. The summed E-state index contributed by atoms with van der Waals surface area (Å²) in [6.45, 7) is 13.7. The van der Waals surface area contributed by atoms with Crippen molar-refractivity contribution in [2.75, 3.05) is 0 Å². The van der Waals surface area contributed by atoms with Gasteiger partial charge in [0.15, 0.2) is 0 Å². The third-order valence-electron chi connectivity index (χ3n) is 5.75. The van der Waals surface area contributed by atoms with Crippen LogP contribution in [0.5, 0.6) is 0 Å². The molecular formula is C28H30. The van der Waals surface area contributed by atoms with Gasteiger partial charge in [-0.05, 0) is 73.6 Å². The van der Waals surface area contributed by atoms with Crippen LogP contribution < -0.4 is 0 Å². The van der Waals surface area contributed by atoms with Gasteiger partial charge in [-0.2, -0.15) is 0 Å². The lowest BCUT2D eigenvalue weighted by Gasteiger charge is -2.20. The van der Waals surface area contributed by atoms with Gasteiger partial charge < -0.3 is 0 Å². The number of hydrogen-bond acceptors (Lipinski definition) is 0. The highest BCUT2D eigenvalue weighted by molar-refractivity contribution is 6.06. The molecule has 3 aromatic rings. The fraction of sp³-hybridized carbons (Fsp3) is 0.286. The molecule has 1 aliphatic rings. The molecule has 0 N–H and O–H groups in total. The molecule has 0 heterocycles. The molecule has 0 radical (unpaired) electrons. The minimum atomic E-state index is 0.137. The van der Waals surface area contributed by atoms with Crippen LogP contribution in [0.2, 0.25) is 0 Å². The van der Waals surface area contributed by atoms with Crippen molar-refractivity contribution in [2.45, 2.75) is 52.4 Å². The van der Waals surface area contributed by atoms with Crippen molar-refractivity contribution in [3.05, 3.63) is 94.5 Å². The summed E-state index contributed by atoms with van der Waals surface area (Å²) >= 11 is 0. The Labute approximate surface area is 169 Å². The number of hydrogen-bond donors (Lipinski definition) is 0. The molecule has 0 nitrogen and oxygen atoms in total. The lowest BCUT2D eigenvalue weighted by atomic mass is 9.84. The molecule has 0 amide bonds. The van der Waals surface area contributed by atoms with E-state index in [2.05, 4.69) is 114 Å². The maximum atomic E-state index is 2.40. The van der Waals surface area contributed by atoms with Crippen LogP contribution in [0.3, 0.4) is 0 Å². The van der Waals surface area contributed by atoms with Crippen LogP contribution in [0.25, 0.3) is 22.8 Å². The van der Waals surface area contributed by atoms with E-state index in [0.717, 1.165) is 0 Å². The van der Waals surface area contributed by atoms with Crippen molar-refractivity contribution in [2.24, 2.45) is 0 Å². The maximum Gasteiger partial charge on any atom is -0.00928 e. The molecule has 3 aromatic carbocycles. The Balaban J connectivity index is 1.97. The quantitative estimate of drug-likeness (QED) is 0.322. The molecular weight excluding hydrogens is 336 g/mol. The van der Waals surface area contributed by atoms with Crippen LogP contribution in [0.4, 0.5) is 0 Å². The molecule has 142 valence electrons. The second-order valence-corrected chi connectivity index (χ2v) is 9.99. The summed E-state index contributed by atoms with van der Waals surface area (Å²) in [7, 11) is 0. The maximum absolute atomic E-state index is 2.40. The van der Waals surface area contributed by atoms with Gasteiger partial charge in [-0.3, -0.25) is 0 Å². The van der Waals surface area contributed by atoms with Crippen LogP contribution in [-0.4, -0.2) is 0 Å². The van der Waals surface area contributed by atoms with Gasteiger partial charge in [-0.25, -0.2) is 0 Å². The monoisotopic (exact) mass is 366 g/mol. The molecule has 28 heavy (non-hydrogen) atoms. The molecule has 0 atom stereocenters. The first-order chi connectivity index (χ1) is 13.1. The van der Waals surface area contributed by atoms with E-state index < -0.39 is 0 Å². The third-order valence-corrected chi connectivity index (χ3v) is 5.75. The minimum Gasteiger partial charge on any atom is -0.0622 e. The molecule has 0 unspecified atom stereocenters. The van der Waals surface area contributed by atoms with E-state index in [-0.39, 0.29) is 10.8 Å². The second kappa shape index (κ2) is 6.48. The van der Waals surface area contributed by atoms with Crippen molar-refractivity contribution >= 4 is 11.6 Å². The Morgan fingerprint density at radius 3 is 1.43 bits per heavy atom. The average molecular weight is 367 g/mol. The van der Waals surface area contributed by atoms with Crippen molar-refractivity contribution < 1.29 is 0 Å². The summed E-state index contributed by atoms with van der Waals surface area (Å²) in [5.41, 5.74) is 11.1. The van der Waals surface area contributed by atoms with E-state index in [9.17, 15) is 0 Å². The number of rotatable bonds is 1.